The molecule has 1 aliphatic heterocycles. The van der Waals surface area contributed by atoms with E-state index in [1.807, 2.05) is 12.3 Å². The summed E-state index contributed by atoms with van der Waals surface area (Å²) in [6.45, 7) is 4.81. The van der Waals surface area contributed by atoms with Crippen molar-refractivity contribution < 1.29 is 13.2 Å². The van der Waals surface area contributed by atoms with Gasteiger partial charge in [-0.1, -0.05) is 24.3 Å². The Labute approximate surface area is 183 Å². The number of sulfonamides is 1. The monoisotopic (exact) mass is 447 g/mol. The molecule has 0 bridgehead atoms. The SMILES string of the molecule is CNS(=O)(=O)c1cc(C(=O)CCCN2CCN(c3ccccc3)CC2)ccc1SC. The summed E-state index contributed by atoms with van der Waals surface area (Å²) in [6, 6.07) is 15.4. The van der Waals surface area contributed by atoms with Crippen molar-refractivity contribution in [2.45, 2.75) is 22.6 Å². The molecule has 0 atom stereocenters. The van der Waals surface area contributed by atoms with Gasteiger partial charge in [0.15, 0.2) is 5.78 Å². The van der Waals surface area contributed by atoms with Crippen LogP contribution in [0.3, 0.4) is 0 Å². The number of rotatable bonds is 9. The number of anilines is 1. The van der Waals surface area contributed by atoms with E-state index < -0.39 is 10.0 Å². The molecule has 1 heterocycles. The number of benzene rings is 2. The lowest BCUT2D eigenvalue weighted by Gasteiger charge is -2.36. The highest BCUT2D eigenvalue weighted by Gasteiger charge is 2.20. The minimum absolute atomic E-state index is 0.0156. The summed E-state index contributed by atoms with van der Waals surface area (Å²) in [5.41, 5.74) is 1.71. The van der Waals surface area contributed by atoms with Gasteiger partial charge >= 0.3 is 0 Å². The molecule has 2 aromatic carbocycles. The Bertz CT molecular complexity index is 957. The third-order valence-electron chi connectivity index (χ3n) is 5.42. The van der Waals surface area contributed by atoms with Gasteiger partial charge in [0, 0.05) is 48.7 Å². The fourth-order valence-electron chi connectivity index (χ4n) is 3.65. The Kier molecular flexibility index (Phi) is 7.93. The summed E-state index contributed by atoms with van der Waals surface area (Å²) in [5, 5.41) is 0. The first kappa shape index (κ1) is 22.8. The van der Waals surface area contributed by atoms with Crippen molar-refractivity contribution in [1.82, 2.24) is 9.62 Å². The van der Waals surface area contributed by atoms with Crippen molar-refractivity contribution in [3.05, 3.63) is 54.1 Å². The largest absolute Gasteiger partial charge is 0.369 e. The van der Waals surface area contributed by atoms with Gasteiger partial charge in [-0.25, -0.2) is 13.1 Å². The van der Waals surface area contributed by atoms with Crippen molar-refractivity contribution in [1.29, 1.82) is 0 Å². The van der Waals surface area contributed by atoms with Crippen LogP contribution in [0.2, 0.25) is 0 Å². The van der Waals surface area contributed by atoms with Crippen LogP contribution in [0.15, 0.2) is 58.3 Å². The van der Waals surface area contributed by atoms with Crippen LogP contribution in [0.25, 0.3) is 0 Å². The number of para-hydroxylation sites is 1. The molecule has 1 N–H and O–H groups in total. The fraction of sp³-hybridized carbons (Fsp3) is 0.409. The van der Waals surface area contributed by atoms with Gasteiger partial charge < -0.3 is 4.90 Å². The number of carbonyl (C=O) groups excluding carboxylic acids is 1. The average Bonchev–Trinajstić information content (AvgIpc) is 2.79. The highest BCUT2D eigenvalue weighted by molar-refractivity contribution is 7.99. The van der Waals surface area contributed by atoms with Gasteiger partial charge in [-0.3, -0.25) is 9.69 Å². The summed E-state index contributed by atoms with van der Waals surface area (Å²) < 4.78 is 26.9. The first-order valence-electron chi connectivity index (χ1n) is 10.1. The Morgan fingerprint density at radius 2 is 1.77 bits per heavy atom. The summed E-state index contributed by atoms with van der Waals surface area (Å²) in [7, 11) is -2.22. The zero-order valence-electron chi connectivity index (χ0n) is 17.5. The van der Waals surface area contributed by atoms with Crippen LogP contribution in [0, 0.1) is 0 Å². The molecule has 0 aromatic heterocycles. The summed E-state index contributed by atoms with van der Waals surface area (Å²) in [4.78, 5) is 18.2. The Morgan fingerprint density at radius 1 is 1.07 bits per heavy atom. The van der Waals surface area contributed by atoms with E-state index in [0.29, 0.717) is 16.9 Å². The highest BCUT2D eigenvalue weighted by atomic mass is 32.2. The molecule has 0 unspecified atom stereocenters. The van der Waals surface area contributed by atoms with Gasteiger partial charge in [-0.05, 0) is 50.5 Å². The Balaban J connectivity index is 1.51. The van der Waals surface area contributed by atoms with E-state index in [4.69, 9.17) is 0 Å². The van der Waals surface area contributed by atoms with Crippen molar-refractivity contribution in [2.24, 2.45) is 0 Å². The number of hydrogen-bond acceptors (Lipinski definition) is 6. The molecule has 30 heavy (non-hydrogen) atoms. The van der Waals surface area contributed by atoms with E-state index in [1.165, 1.54) is 30.6 Å². The number of piperazine rings is 1. The first-order valence-corrected chi connectivity index (χ1v) is 12.8. The van der Waals surface area contributed by atoms with Crippen LogP contribution in [-0.4, -0.2) is 65.1 Å². The Morgan fingerprint density at radius 3 is 2.40 bits per heavy atom. The van der Waals surface area contributed by atoms with E-state index in [9.17, 15) is 13.2 Å². The summed E-state index contributed by atoms with van der Waals surface area (Å²) >= 11 is 1.35. The second-order valence-electron chi connectivity index (χ2n) is 7.26. The quantitative estimate of drug-likeness (QED) is 0.471. The molecule has 2 aromatic rings. The lowest BCUT2D eigenvalue weighted by molar-refractivity contribution is 0.0974. The maximum atomic E-state index is 12.6. The normalized spacial score (nSPS) is 15.3. The van der Waals surface area contributed by atoms with E-state index in [2.05, 4.69) is 38.8 Å². The predicted octanol–water partition coefficient (Wildman–Crippen LogP) is 3.10. The minimum Gasteiger partial charge on any atom is -0.369 e. The smallest absolute Gasteiger partial charge is 0.241 e. The molecule has 0 spiro atoms. The van der Waals surface area contributed by atoms with Gasteiger partial charge in [0.1, 0.15) is 0 Å². The standard InChI is InChI=1S/C22H29N3O3S2/c1-23-30(27,28)22-17-18(10-11-21(22)29-2)20(26)9-6-12-24-13-15-25(16-14-24)19-7-4-3-5-8-19/h3-5,7-8,10-11,17,23H,6,9,12-16H2,1-2H3. The molecule has 1 aliphatic rings. The lowest BCUT2D eigenvalue weighted by atomic mass is 10.1. The second-order valence-corrected chi connectivity index (χ2v) is 9.97. The van der Waals surface area contributed by atoms with Crippen molar-refractivity contribution in [3.63, 3.8) is 0 Å². The van der Waals surface area contributed by atoms with E-state index >= 15 is 0 Å². The second kappa shape index (κ2) is 10.4. The molecule has 162 valence electrons. The van der Waals surface area contributed by atoms with Gasteiger partial charge in [0.2, 0.25) is 10.0 Å². The zero-order chi connectivity index (χ0) is 21.6. The van der Waals surface area contributed by atoms with Crippen molar-refractivity contribution in [2.75, 3.05) is 50.9 Å². The summed E-state index contributed by atoms with van der Waals surface area (Å²) in [6.07, 6.45) is 3.00. The number of ketones is 1. The minimum atomic E-state index is -3.60. The van der Waals surface area contributed by atoms with Crippen LogP contribution in [0.4, 0.5) is 5.69 Å². The van der Waals surface area contributed by atoms with Crippen LogP contribution in [0.5, 0.6) is 0 Å². The van der Waals surface area contributed by atoms with Gasteiger partial charge in [0.05, 0.1) is 4.90 Å². The molecule has 0 amide bonds. The van der Waals surface area contributed by atoms with Crippen LogP contribution < -0.4 is 9.62 Å². The summed E-state index contributed by atoms with van der Waals surface area (Å²) in [5.74, 6) is -0.0156. The van der Waals surface area contributed by atoms with E-state index in [0.717, 1.165) is 39.1 Å². The number of thioether (sulfide) groups is 1. The molecule has 0 aliphatic carbocycles. The number of Topliss-reactive ketones (excluding diaryl/α,β-unsaturated/α-hetero) is 1. The Hall–Kier alpha value is -1.87. The van der Waals surface area contributed by atoms with Gasteiger partial charge in [0.25, 0.3) is 0 Å². The molecule has 0 saturated carbocycles. The van der Waals surface area contributed by atoms with Crippen LogP contribution >= 0.6 is 11.8 Å². The third-order valence-corrected chi connectivity index (χ3v) is 7.79. The van der Waals surface area contributed by atoms with Gasteiger partial charge in [-0.15, -0.1) is 11.8 Å². The fourth-order valence-corrected chi connectivity index (χ4v) is 5.52. The average molecular weight is 448 g/mol. The number of nitrogens with zero attached hydrogens (tertiary/aromatic N) is 2. The molecule has 1 fully saturated rings. The molecule has 8 heteroatoms. The lowest BCUT2D eigenvalue weighted by Crippen LogP contribution is -2.46. The predicted molar refractivity (Wildman–Crippen MR) is 123 cm³/mol. The third kappa shape index (κ3) is 5.63. The topological polar surface area (TPSA) is 69.7 Å². The first-order chi connectivity index (χ1) is 14.4. The van der Waals surface area contributed by atoms with Crippen LogP contribution in [-0.2, 0) is 10.0 Å². The highest BCUT2D eigenvalue weighted by Crippen LogP contribution is 2.26. The number of hydrogen-bond donors (Lipinski definition) is 1. The molecule has 1 saturated heterocycles. The van der Waals surface area contributed by atoms with E-state index in [-0.39, 0.29) is 10.7 Å². The van der Waals surface area contributed by atoms with Crippen LogP contribution in [0.1, 0.15) is 23.2 Å². The van der Waals surface area contributed by atoms with Crippen molar-refractivity contribution >= 4 is 33.3 Å². The molecular weight excluding hydrogens is 418 g/mol. The molecular formula is C22H29N3O3S2. The maximum absolute atomic E-state index is 12.6. The molecule has 0 radical (unpaired) electrons. The van der Waals surface area contributed by atoms with Crippen molar-refractivity contribution in [3.8, 4) is 0 Å². The molecule has 3 rings (SSSR count). The van der Waals surface area contributed by atoms with Gasteiger partial charge in [-0.2, -0.15) is 0 Å². The maximum Gasteiger partial charge on any atom is 0.241 e. The molecule has 6 nitrogen and oxygen atoms in total. The zero-order valence-corrected chi connectivity index (χ0v) is 19.1. The van der Waals surface area contributed by atoms with E-state index in [1.54, 1.807) is 12.1 Å². The number of nitrogens with one attached hydrogen (secondary N) is 1. The number of carbonyl (C=O) groups is 1.